The van der Waals surface area contributed by atoms with Crippen LogP contribution in [0.3, 0.4) is 0 Å². The van der Waals surface area contributed by atoms with Gasteiger partial charge in [-0.3, -0.25) is 0 Å². The molecule has 102 valence electrons. The minimum absolute atomic E-state index is 0.181. The number of benzene rings is 2. The highest BCUT2D eigenvalue weighted by Gasteiger charge is 2.14. The molecule has 3 heteroatoms. The molecule has 2 N–H and O–H groups in total. The molecule has 1 aromatic heterocycles. The molecular weight excluding hydrogens is 264 g/mol. The summed E-state index contributed by atoms with van der Waals surface area (Å²) in [5, 5.41) is 1.05. The Morgan fingerprint density at radius 2 is 1.70 bits per heavy atom. The minimum Gasteiger partial charge on any atom is -0.399 e. The summed E-state index contributed by atoms with van der Waals surface area (Å²) in [6.07, 6.45) is 0. The fourth-order valence-electron chi connectivity index (χ4n) is 2.18. The lowest BCUT2D eigenvalue weighted by molar-refractivity contribution is 0.590. The van der Waals surface area contributed by atoms with E-state index in [1.165, 1.54) is 5.56 Å². The van der Waals surface area contributed by atoms with Crippen LogP contribution < -0.4 is 5.73 Å². The van der Waals surface area contributed by atoms with E-state index in [1.54, 1.807) is 11.3 Å². The molecule has 20 heavy (non-hydrogen) atoms. The SMILES string of the molecule is CC(C)(C)c1ccc(-c2nc3ccc(N)cc3s2)cc1. The number of anilines is 1. The Hall–Kier alpha value is -1.87. The molecule has 3 rings (SSSR count). The molecule has 0 bridgehead atoms. The number of nitrogens with two attached hydrogens (primary N) is 1. The lowest BCUT2D eigenvalue weighted by Gasteiger charge is -2.18. The largest absolute Gasteiger partial charge is 0.399 e. The van der Waals surface area contributed by atoms with Gasteiger partial charge in [0.15, 0.2) is 0 Å². The number of fused-ring (bicyclic) bond motifs is 1. The molecule has 0 amide bonds. The van der Waals surface area contributed by atoms with Crippen LogP contribution in [0.1, 0.15) is 26.3 Å². The van der Waals surface area contributed by atoms with Gasteiger partial charge in [0, 0.05) is 11.3 Å². The van der Waals surface area contributed by atoms with E-state index in [2.05, 4.69) is 50.0 Å². The van der Waals surface area contributed by atoms with E-state index in [4.69, 9.17) is 5.73 Å². The second-order valence-electron chi connectivity index (χ2n) is 6.07. The zero-order valence-corrected chi connectivity index (χ0v) is 12.8. The number of aromatic nitrogens is 1. The van der Waals surface area contributed by atoms with E-state index in [1.807, 2.05) is 18.2 Å². The Morgan fingerprint density at radius 3 is 2.35 bits per heavy atom. The van der Waals surface area contributed by atoms with Crippen molar-refractivity contribution >= 4 is 27.2 Å². The second kappa shape index (κ2) is 4.60. The molecule has 0 saturated heterocycles. The van der Waals surface area contributed by atoms with Crippen LogP contribution in [0.15, 0.2) is 42.5 Å². The molecule has 2 nitrogen and oxygen atoms in total. The van der Waals surface area contributed by atoms with Crippen molar-refractivity contribution in [2.24, 2.45) is 0 Å². The van der Waals surface area contributed by atoms with Gasteiger partial charge in [-0.05, 0) is 29.2 Å². The summed E-state index contributed by atoms with van der Waals surface area (Å²) in [6, 6.07) is 14.6. The summed E-state index contributed by atoms with van der Waals surface area (Å²) >= 11 is 1.69. The Kier molecular flexibility index (Phi) is 3.02. The molecule has 0 aliphatic heterocycles. The molecule has 0 fully saturated rings. The highest BCUT2D eigenvalue weighted by atomic mass is 32.1. The second-order valence-corrected chi connectivity index (χ2v) is 7.10. The Balaban J connectivity index is 2.02. The van der Waals surface area contributed by atoms with Gasteiger partial charge in [0.05, 0.1) is 10.2 Å². The van der Waals surface area contributed by atoms with Gasteiger partial charge in [0.25, 0.3) is 0 Å². The van der Waals surface area contributed by atoms with Crippen molar-refractivity contribution in [3.63, 3.8) is 0 Å². The lowest BCUT2D eigenvalue weighted by atomic mass is 9.87. The average Bonchev–Trinajstić information content (AvgIpc) is 2.80. The molecule has 0 saturated carbocycles. The van der Waals surface area contributed by atoms with Crippen LogP contribution in [-0.4, -0.2) is 4.98 Å². The van der Waals surface area contributed by atoms with Crippen LogP contribution in [0.25, 0.3) is 20.8 Å². The fourth-order valence-corrected chi connectivity index (χ4v) is 3.20. The maximum absolute atomic E-state index is 5.82. The van der Waals surface area contributed by atoms with Crippen molar-refractivity contribution < 1.29 is 0 Å². The minimum atomic E-state index is 0.181. The van der Waals surface area contributed by atoms with E-state index in [-0.39, 0.29) is 5.41 Å². The van der Waals surface area contributed by atoms with Gasteiger partial charge in [0.1, 0.15) is 5.01 Å². The van der Waals surface area contributed by atoms with Crippen LogP contribution in [0, 0.1) is 0 Å². The number of hydrogen-bond acceptors (Lipinski definition) is 3. The number of nitrogen functional groups attached to an aromatic ring is 1. The maximum Gasteiger partial charge on any atom is 0.124 e. The molecule has 2 aromatic carbocycles. The fraction of sp³-hybridized carbons (Fsp3) is 0.235. The van der Waals surface area contributed by atoms with Crippen molar-refractivity contribution in [1.29, 1.82) is 0 Å². The van der Waals surface area contributed by atoms with Crippen molar-refractivity contribution in [2.75, 3.05) is 5.73 Å². The predicted octanol–water partition coefficient (Wildman–Crippen LogP) is 4.84. The number of hydrogen-bond donors (Lipinski definition) is 1. The van der Waals surface area contributed by atoms with E-state index < -0.39 is 0 Å². The quantitative estimate of drug-likeness (QED) is 0.648. The van der Waals surface area contributed by atoms with Gasteiger partial charge in [-0.25, -0.2) is 4.98 Å². The first-order valence-corrected chi connectivity index (χ1v) is 7.52. The van der Waals surface area contributed by atoms with Crippen molar-refractivity contribution in [2.45, 2.75) is 26.2 Å². The molecule has 0 atom stereocenters. The summed E-state index contributed by atoms with van der Waals surface area (Å²) in [7, 11) is 0. The average molecular weight is 282 g/mol. The first kappa shape index (κ1) is 13.1. The van der Waals surface area contributed by atoms with Crippen LogP contribution in [0.5, 0.6) is 0 Å². The highest BCUT2D eigenvalue weighted by Crippen LogP contribution is 2.32. The Bertz CT molecular complexity index is 749. The van der Waals surface area contributed by atoms with E-state index >= 15 is 0 Å². The summed E-state index contributed by atoms with van der Waals surface area (Å²) in [4.78, 5) is 4.68. The van der Waals surface area contributed by atoms with Crippen LogP contribution in [0.2, 0.25) is 0 Å². The Morgan fingerprint density at radius 1 is 1.00 bits per heavy atom. The third-order valence-electron chi connectivity index (χ3n) is 3.41. The predicted molar refractivity (Wildman–Crippen MR) is 88.2 cm³/mol. The molecule has 0 aliphatic carbocycles. The third kappa shape index (κ3) is 2.41. The lowest BCUT2D eigenvalue weighted by Crippen LogP contribution is -2.10. The molecule has 0 unspecified atom stereocenters. The molecular formula is C17H18N2S. The van der Waals surface area contributed by atoms with Crippen molar-refractivity contribution in [3.05, 3.63) is 48.0 Å². The van der Waals surface area contributed by atoms with Gasteiger partial charge in [-0.1, -0.05) is 45.0 Å². The molecule has 0 radical (unpaired) electrons. The van der Waals surface area contributed by atoms with E-state index in [9.17, 15) is 0 Å². The number of rotatable bonds is 1. The highest BCUT2D eigenvalue weighted by molar-refractivity contribution is 7.21. The topological polar surface area (TPSA) is 38.9 Å². The van der Waals surface area contributed by atoms with Crippen LogP contribution >= 0.6 is 11.3 Å². The number of nitrogens with zero attached hydrogens (tertiary/aromatic N) is 1. The van der Waals surface area contributed by atoms with Gasteiger partial charge in [-0.2, -0.15) is 0 Å². The van der Waals surface area contributed by atoms with Gasteiger partial charge in [-0.15, -0.1) is 11.3 Å². The summed E-state index contributed by atoms with van der Waals surface area (Å²) < 4.78 is 1.14. The number of thiazole rings is 1. The zero-order chi connectivity index (χ0) is 14.3. The van der Waals surface area contributed by atoms with Gasteiger partial charge < -0.3 is 5.73 Å². The first-order valence-electron chi connectivity index (χ1n) is 6.70. The first-order chi connectivity index (χ1) is 9.43. The molecule has 0 aliphatic rings. The van der Waals surface area contributed by atoms with Gasteiger partial charge >= 0.3 is 0 Å². The zero-order valence-electron chi connectivity index (χ0n) is 12.0. The normalized spacial score (nSPS) is 11.9. The standard InChI is InChI=1S/C17H18N2S/c1-17(2,3)12-6-4-11(5-7-12)16-19-14-9-8-13(18)10-15(14)20-16/h4-10H,18H2,1-3H3. The smallest absolute Gasteiger partial charge is 0.124 e. The Labute approximate surface area is 123 Å². The third-order valence-corrected chi connectivity index (χ3v) is 4.48. The monoisotopic (exact) mass is 282 g/mol. The van der Waals surface area contributed by atoms with Crippen LogP contribution in [0.4, 0.5) is 5.69 Å². The maximum atomic E-state index is 5.82. The van der Waals surface area contributed by atoms with Crippen molar-refractivity contribution in [1.82, 2.24) is 4.98 Å². The van der Waals surface area contributed by atoms with E-state index in [0.717, 1.165) is 26.5 Å². The van der Waals surface area contributed by atoms with Crippen LogP contribution in [-0.2, 0) is 5.41 Å². The summed E-state index contributed by atoms with van der Waals surface area (Å²) in [5.41, 5.74) is 10.3. The molecule has 3 aromatic rings. The molecule has 0 spiro atoms. The summed E-state index contributed by atoms with van der Waals surface area (Å²) in [5.74, 6) is 0. The van der Waals surface area contributed by atoms with Gasteiger partial charge in [0.2, 0.25) is 0 Å². The molecule has 1 heterocycles. The van der Waals surface area contributed by atoms with E-state index in [0.29, 0.717) is 0 Å². The summed E-state index contributed by atoms with van der Waals surface area (Å²) in [6.45, 7) is 6.67. The van der Waals surface area contributed by atoms with Crippen molar-refractivity contribution in [3.8, 4) is 10.6 Å².